The van der Waals surface area contributed by atoms with Crippen LogP contribution in [0.5, 0.6) is 0 Å². The van der Waals surface area contributed by atoms with Crippen LogP contribution in [-0.2, 0) is 0 Å². The molecule has 0 heterocycles. The lowest BCUT2D eigenvalue weighted by molar-refractivity contribution is -0.139. The van der Waals surface area contributed by atoms with E-state index in [1.54, 1.807) is 6.92 Å². The molecule has 1 saturated carbocycles. The molecule has 1 nitrogen and oxygen atoms in total. The van der Waals surface area contributed by atoms with Crippen LogP contribution in [0.1, 0.15) is 37.7 Å². The van der Waals surface area contributed by atoms with Crippen LogP contribution in [-0.4, -0.2) is 18.3 Å². The molecule has 0 spiro atoms. The van der Waals surface area contributed by atoms with E-state index in [4.69, 9.17) is 11.6 Å². The van der Waals surface area contributed by atoms with Crippen LogP contribution in [0.15, 0.2) is 24.3 Å². The Hall–Kier alpha value is -0.740. The van der Waals surface area contributed by atoms with Crippen molar-refractivity contribution >= 4 is 11.6 Å². The number of alkyl halides is 3. The number of halogens is 4. The van der Waals surface area contributed by atoms with E-state index >= 15 is 0 Å². The summed E-state index contributed by atoms with van der Waals surface area (Å²) < 4.78 is 36.6. The maximum atomic E-state index is 12.2. The van der Waals surface area contributed by atoms with Gasteiger partial charge in [0.15, 0.2) is 0 Å². The van der Waals surface area contributed by atoms with Crippen molar-refractivity contribution in [1.82, 2.24) is 5.32 Å². The number of nitrogens with one attached hydrogen (secondary N) is 1. The van der Waals surface area contributed by atoms with Gasteiger partial charge in [0.25, 0.3) is 0 Å². The van der Waals surface area contributed by atoms with Crippen molar-refractivity contribution < 1.29 is 13.2 Å². The minimum atomic E-state index is -4.10. The van der Waals surface area contributed by atoms with Crippen molar-refractivity contribution in [1.29, 1.82) is 0 Å². The Morgan fingerprint density at radius 3 is 2.53 bits per heavy atom. The van der Waals surface area contributed by atoms with Gasteiger partial charge in [-0.1, -0.05) is 29.8 Å². The minimum Gasteiger partial charge on any atom is -0.311 e. The van der Waals surface area contributed by atoms with Crippen LogP contribution < -0.4 is 5.32 Å². The zero-order chi connectivity index (χ0) is 14.0. The van der Waals surface area contributed by atoms with Crippen molar-refractivity contribution in [2.45, 2.75) is 50.4 Å². The molecule has 1 aromatic rings. The monoisotopic (exact) mass is 291 g/mol. The molecule has 0 saturated heterocycles. The van der Waals surface area contributed by atoms with E-state index in [2.05, 4.69) is 5.32 Å². The van der Waals surface area contributed by atoms with Crippen LogP contribution in [0, 0.1) is 0 Å². The summed E-state index contributed by atoms with van der Waals surface area (Å²) in [6.07, 6.45) is -3.17. The Morgan fingerprint density at radius 1 is 1.32 bits per heavy atom. The Kier molecular flexibility index (Phi) is 4.41. The Bertz CT molecular complexity index is 427. The van der Waals surface area contributed by atoms with Crippen molar-refractivity contribution in [2.24, 2.45) is 0 Å². The Morgan fingerprint density at radius 2 is 1.95 bits per heavy atom. The average molecular weight is 292 g/mol. The van der Waals surface area contributed by atoms with Gasteiger partial charge in [0.05, 0.1) is 6.42 Å². The van der Waals surface area contributed by atoms with Crippen LogP contribution in [0.25, 0.3) is 0 Å². The first-order valence-electron chi connectivity index (χ1n) is 6.42. The molecule has 1 aromatic carbocycles. The standard InChI is InChI=1S/C14H17ClF3N/c1-9(8-14(16,17)18)19-11-6-10(7-11)12-4-2-3-5-13(12)15/h2-5,9-11,19H,6-8H2,1H3. The summed E-state index contributed by atoms with van der Waals surface area (Å²) in [5, 5.41) is 3.77. The first-order chi connectivity index (χ1) is 8.85. The van der Waals surface area contributed by atoms with Gasteiger partial charge in [-0.2, -0.15) is 13.2 Å². The topological polar surface area (TPSA) is 12.0 Å². The van der Waals surface area contributed by atoms with E-state index in [1.165, 1.54) is 0 Å². The van der Waals surface area contributed by atoms with Gasteiger partial charge in [0.1, 0.15) is 0 Å². The first-order valence-corrected chi connectivity index (χ1v) is 6.80. The highest BCUT2D eigenvalue weighted by Crippen LogP contribution is 2.40. The average Bonchev–Trinajstić information content (AvgIpc) is 2.22. The summed E-state index contributed by atoms with van der Waals surface area (Å²) in [7, 11) is 0. The van der Waals surface area contributed by atoms with Crippen molar-refractivity contribution in [2.75, 3.05) is 0 Å². The molecular weight excluding hydrogens is 275 g/mol. The van der Waals surface area contributed by atoms with Crippen molar-refractivity contribution in [3.05, 3.63) is 34.9 Å². The van der Waals surface area contributed by atoms with E-state index in [0.717, 1.165) is 23.4 Å². The fourth-order valence-corrected chi connectivity index (χ4v) is 2.91. The molecule has 0 aromatic heterocycles. The number of rotatable bonds is 4. The fraction of sp³-hybridized carbons (Fsp3) is 0.571. The molecule has 106 valence electrons. The van der Waals surface area contributed by atoms with Gasteiger partial charge in [-0.3, -0.25) is 0 Å². The van der Waals surface area contributed by atoms with Crippen molar-refractivity contribution in [3.8, 4) is 0 Å². The van der Waals surface area contributed by atoms with E-state index in [0.29, 0.717) is 5.92 Å². The van der Waals surface area contributed by atoms with Gasteiger partial charge in [-0.25, -0.2) is 0 Å². The second kappa shape index (κ2) is 5.71. The molecule has 1 N–H and O–H groups in total. The molecule has 2 rings (SSSR count). The summed E-state index contributed by atoms with van der Waals surface area (Å²) >= 11 is 6.10. The summed E-state index contributed by atoms with van der Waals surface area (Å²) in [6, 6.07) is 7.29. The van der Waals surface area contributed by atoms with E-state index in [1.807, 2.05) is 24.3 Å². The van der Waals surface area contributed by atoms with E-state index < -0.39 is 18.6 Å². The van der Waals surface area contributed by atoms with Crippen molar-refractivity contribution in [3.63, 3.8) is 0 Å². The molecule has 1 unspecified atom stereocenters. The molecule has 1 atom stereocenters. The van der Waals surface area contributed by atoms with Gasteiger partial charge in [-0.05, 0) is 37.3 Å². The van der Waals surface area contributed by atoms with Gasteiger partial charge in [0.2, 0.25) is 0 Å². The molecule has 0 radical (unpaired) electrons. The summed E-state index contributed by atoms with van der Waals surface area (Å²) in [5.41, 5.74) is 1.10. The lowest BCUT2D eigenvalue weighted by atomic mass is 9.75. The minimum absolute atomic E-state index is 0.165. The van der Waals surface area contributed by atoms with Gasteiger partial charge < -0.3 is 5.32 Å². The molecule has 0 bridgehead atoms. The highest BCUT2D eigenvalue weighted by molar-refractivity contribution is 6.31. The van der Waals surface area contributed by atoms with Crippen LogP contribution in [0.3, 0.4) is 0 Å². The molecule has 1 fully saturated rings. The zero-order valence-corrected chi connectivity index (χ0v) is 11.4. The smallest absolute Gasteiger partial charge is 0.311 e. The normalized spacial score (nSPS) is 24.9. The molecule has 5 heteroatoms. The van der Waals surface area contributed by atoms with Crippen LogP contribution in [0.4, 0.5) is 13.2 Å². The van der Waals surface area contributed by atoms with E-state index in [-0.39, 0.29) is 6.04 Å². The summed E-state index contributed by atoms with van der Waals surface area (Å²) in [4.78, 5) is 0. The highest BCUT2D eigenvalue weighted by atomic mass is 35.5. The van der Waals surface area contributed by atoms with Gasteiger partial charge in [-0.15, -0.1) is 0 Å². The SMILES string of the molecule is CC(CC(F)(F)F)NC1CC(c2ccccc2Cl)C1. The van der Waals surface area contributed by atoms with Gasteiger partial charge in [0, 0.05) is 17.1 Å². The predicted octanol–water partition coefficient (Wildman–Crippen LogP) is 4.52. The number of hydrogen-bond acceptors (Lipinski definition) is 1. The largest absolute Gasteiger partial charge is 0.390 e. The quantitative estimate of drug-likeness (QED) is 0.860. The third-order valence-electron chi connectivity index (χ3n) is 3.54. The lowest BCUT2D eigenvalue weighted by Gasteiger charge is -2.38. The number of benzene rings is 1. The molecule has 1 aliphatic carbocycles. The fourth-order valence-electron chi connectivity index (χ4n) is 2.62. The summed E-state index contributed by atoms with van der Waals surface area (Å²) in [6.45, 7) is 1.58. The van der Waals surface area contributed by atoms with E-state index in [9.17, 15) is 13.2 Å². The Labute approximate surface area is 116 Å². The lowest BCUT2D eigenvalue weighted by Crippen LogP contribution is -2.45. The van der Waals surface area contributed by atoms with Gasteiger partial charge >= 0.3 is 6.18 Å². The molecule has 1 aliphatic rings. The maximum absolute atomic E-state index is 12.2. The molecular formula is C14H17ClF3N. The predicted molar refractivity (Wildman–Crippen MR) is 70.5 cm³/mol. The third kappa shape index (κ3) is 4.11. The second-order valence-corrected chi connectivity index (χ2v) is 5.68. The zero-order valence-electron chi connectivity index (χ0n) is 10.7. The van der Waals surface area contributed by atoms with Crippen LogP contribution >= 0.6 is 11.6 Å². The maximum Gasteiger partial charge on any atom is 0.390 e. The molecule has 0 aliphatic heterocycles. The third-order valence-corrected chi connectivity index (χ3v) is 3.89. The molecule has 19 heavy (non-hydrogen) atoms. The Balaban J connectivity index is 1.79. The molecule has 0 amide bonds. The van der Waals surface area contributed by atoms with Crippen LogP contribution in [0.2, 0.25) is 5.02 Å². The first kappa shape index (κ1) is 14.7. The highest BCUT2D eigenvalue weighted by Gasteiger charge is 2.35. The summed E-state index contributed by atoms with van der Waals surface area (Å²) in [5.74, 6) is 0.365. The second-order valence-electron chi connectivity index (χ2n) is 5.27. The number of hydrogen-bond donors (Lipinski definition) is 1.